The summed E-state index contributed by atoms with van der Waals surface area (Å²) in [7, 11) is 1.64. The lowest BCUT2D eigenvalue weighted by Gasteiger charge is -2.30. The first-order chi connectivity index (χ1) is 17.5. The summed E-state index contributed by atoms with van der Waals surface area (Å²) >= 11 is 3.66. The van der Waals surface area contributed by atoms with E-state index in [1.807, 2.05) is 43.3 Å². The summed E-state index contributed by atoms with van der Waals surface area (Å²) in [4.78, 5) is 13.8. The molecule has 0 amide bonds. The molecule has 0 radical (unpaired) electrons. The van der Waals surface area contributed by atoms with Gasteiger partial charge in [0.15, 0.2) is 17.3 Å². The number of ketones is 1. The van der Waals surface area contributed by atoms with Crippen molar-refractivity contribution in [1.82, 2.24) is 0 Å². The fraction of sp³-hybridized carbons (Fsp3) is 0.300. The molecule has 2 N–H and O–H groups in total. The Hall–Kier alpha value is -3.25. The van der Waals surface area contributed by atoms with Gasteiger partial charge in [-0.05, 0) is 82.6 Å². The Morgan fingerprint density at radius 1 is 0.972 bits per heavy atom. The van der Waals surface area contributed by atoms with Crippen molar-refractivity contribution in [1.29, 1.82) is 0 Å². The first-order valence-electron chi connectivity index (χ1n) is 12.5. The molecule has 0 saturated carbocycles. The normalized spacial score (nSPS) is 18.9. The number of benzene rings is 3. The van der Waals surface area contributed by atoms with E-state index in [0.29, 0.717) is 24.5 Å². The monoisotopic (exact) mass is 546 g/mol. The fourth-order valence-corrected chi connectivity index (χ4v) is 5.77. The van der Waals surface area contributed by atoms with Crippen molar-refractivity contribution in [2.24, 2.45) is 0 Å². The van der Waals surface area contributed by atoms with E-state index >= 15 is 0 Å². The van der Waals surface area contributed by atoms with Crippen LogP contribution in [0.1, 0.15) is 55.3 Å². The number of nitrogens with one attached hydrogen (secondary N) is 2. The predicted octanol–water partition coefficient (Wildman–Crippen LogP) is 7.40. The summed E-state index contributed by atoms with van der Waals surface area (Å²) in [5, 5.41) is 7.26. The van der Waals surface area contributed by atoms with Gasteiger partial charge in [0, 0.05) is 17.7 Å². The molecule has 2 atom stereocenters. The van der Waals surface area contributed by atoms with Crippen molar-refractivity contribution in [2.75, 3.05) is 24.4 Å². The molecule has 3 aromatic rings. The van der Waals surface area contributed by atoms with Crippen LogP contribution in [-0.2, 0) is 11.2 Å². The molecule has 0 saturated heterocycles. The number of para-hydroxylation sites is 2. The van der Waals surface area contributed by atoms with Crippen LogP contribution in [0, 0.1) is 0 Å². The number of rotatable bonds is 6. The molecule has 2 aliphatic rings. The van der Waals surface area contributed by atoms with Crippen molar-refractivity contribution >= 4 is 33.1 Å². The Bertz CT molecular complexity index is 1320. The van der Waals surface area contributed by atoms with Gasteiger partial charge in [0.1, 0.15) is 0 Å². The number of methoxy groups -OCH3 is 1. The maximum atomic E-state index is 13.8. The van der Waals surface area contributed by atoms with Gasteiger partial charge in [-0.15, -0.1) is 0 Å². The van der Waals surface area contributed by atoms with Crippen LogP contribution in [0.25, 0.3) is 0 Å². The summed E-state index contributed by atoms with van der Waals surface area (Å²) in [5.74, 6) is 1.59. The molecular formula is C30H31BrN2O3. The third kappa shape index (κ3) is 4.62. The topological polar surface area (TPSA) is 59.6 Å². The number of allylic oxidation sites excluding steroid dienone is 1. The number of fused-ring (bicyclic) bond motifs is 1. The third-order valence-electron chi connectivity index (χ3n) is 7.04. The molecule has 0 aromatic heterocycles. The minimum absolute atomic E-state index is 0.141. The number of carbonyl (C=O) groups is 1. The highest BCUT2D eigenvalue weighted by Gasteiger charge is 2.36. The highest BCUT2D eigenvalue weighted by atomic mass is 79.9. The maximum Gasteiger partial charge on any atom is 0.175 e. The zero-order chi connectivity index (χ0) is 25.2. The number of aryl methyl sites for hydroxylation is 1. The quantitative estimate of drug-likeness (QED) is 0.337. The van der Waals surface area contributed by atoms with E-state index in [1.165, 1.54) is 11.1 Å². The number of Topliss-reactive ketones (excluding diaryl/α,β-unsaturated/α-hetero) is 1. The Morgan fingerprint density at radius 2 is 1.72 bits per heavy atom. The molecular weight excluding hydrogens is 516 g/mol. The average Bonchev–Trinajstić information content (AvgIpc) is 3.06. The Balaban J connectivity index is 1.60. The van der Waals surface area contributed by atoms with Gasteiger partial charge in [-0.1, -0.05) is 43.3 Å². The Morgan fingerprint density at radius 3 is 2.42 bits per heavy atom. The molecule has 5 nitrogen and oxygen atoms in total. The zero-order valence-electron chi connectivity index (χ0n) is 20.9. The number of hydrogen-bond donors (Lipinski definition) is 2. The zero-order valence-corrected chi connectivity index (χ0v) is 22.4. The van der Waals surface area contributed by atoms with Gasteiger partial charge < -0.3 is 20.1 Å². The van der Waals surface area contributed by atoms with Crippen molar-refractivity contribution < 1.29 is 14.3 Å². The second-order valence-corrected chi connectivity index (χ2v) is 10.1. The van der Waals surface area contributed by atoms with Gasteiger partial charge in [0.2, 0.25) is 0 Å². The largest absolute Gasteiger partial charge is 0.493 e. The predicted molar refractivity (Wildman–Crippen MR) is 148 cm³/mol. The van der Waals surface area contributed by atoms with Crippen LogP contribution in [0.2, 0.25) is 0 Å². The third-order valence-corrected chi connectivity index (χ3v) is 7.63. The molecule has 0 spiro atoms. The smallest absolute Gasteiger partial charge is 0.175 e. The molecule has 1 aliphatic carbocycles. The van der Waals surface area contributed by atoms with E-state index < -0.39 is 0 Å². The molecule has 1 aliphatic heterocycles. The van der Waals surface area contributed by atoms with E-state index in [9.17, 15) is 4.79 Å². The van der Waals surface area contributed by atoms with Crippen LogP contribution >= 0.6 is 15.9 Å². The molecule has 0 bridgehead atoms. The van der Waals surface area contributed by atoms with Gasteiger partial charge in [-0.2, -0.15) is 0 Å². The minimum atomic E-state index is -0.326. The molecule has 0 fully saturated rings. The number of ether oxygens (including phenoxy) is 2. The van der Waals surface area contributed by atoms with Crippen LogP contribution < -0.4 is 20.1 Å². The summed E-state index contributed by atoms with van der Waals surface area (Å²) in [5.41, 5.74) is 7.14. The fourth-order valence-electron chi connectivity index (χ4n) is 5.19. The van der Waals surface area contributed by atoms with E-state index in [0.717, 1.165) is 45.5 Å². The van der Waals surface area contributed by atoms with Crippen LogP contribution in [-0.4, -0.2) is 19.5 Å². The molecule has 2 unspecified atom stereocenters. The van der Waals surface area contributed by atoms with Crippen molar-refractivity contribution in [2.45, 2.75) is 45.1 Å². The SMILES string of the molecule is CCOc1c(Br)cc(C2Nc3ccccc3NC3=C2C(=O)CC(c2ccc(CC)cc2)C3)cc1OC. The second-order valence-electron chi connectivity index (χ2n) is 9.23. The first-order valence-corrected chi connectivity index (χ1v) is 13.3. The lowest BCUT2D eigenvalue weighted by atomic mass is 9.78. The van der Waals surface area contributed by atoms with E-state index in [-0.39, 0.29) is 17.7 Å². The first kappa shape index (κ1) is 24.4. The van der Waals surface area contributed by atoms with Gasteiger partial charge in [0.25, 0.3) is 0 Å². The summed E-state index contributed by atoms with van der Waals surface area (Å²) in [6.07, 6.45) is 2.26. The molecule has 186 valence electrons. The van der Waals surface area contributed by atoms with Gasteiger partial charge in [0.05, 0.1) is 35.6 Å². The van der Waals surface area contributed by atoms with Gasteiger partial charge in [-0.3, -0.25) is 4.79 Å². The van der Waals surface area contributed by atoms with Crippen LogP contribution in [0.5, 0.6) is 11.5 Å². The number of anilines is 2. The highest BCUT2D eigenvalue weighted by Crippen LogP contribution is 2.46. The molecule has 1 heterocycles. The summed E-state index contributed by atoms with van der Waals surface area (Å²) in [6, 6.07) is 20.5. The Kier molecular flexibility index (Phi) is 7.06. The van der Waals surface area contributed by atoms with Crippen LogP contribution in [0.3, 0.4) is 0 Å². The summed E-state index contributed by atoms with van der Waals surface area (Å²) < 4.78 is 12.3. The van der Waals surface area contributed by atoms with Crippen molar-refractivity contribution in [3.63, 3.8) is 0 Å². The van der Waals surface area contributed by atoms with E-state index in [1.54, 1.807) is 7.11 Å². The van der Waals surface area contributed by atoms with Gasteiger partial charge >= 0.3 is 0 Å². The van der Waals surface area contributed by atoms with E-state index in [2.05, 4.69) is 57.8 Å². The molecule has 3 aromatic carbocycles. The number of carbonyl (C=O) groups excluding carboxylic acids is 1. The lowest BCUT2D eigenvalue weighted by molar-refractivity contribution is -0.116. The molecule has 5 rings (SSSR count). The molecule has 36 heavy (non-hydrogen) atoms. The van der Waals surface area contributed by atoms with Crippen molar-refractivity contribution in [3.8, 4) is 11.5 Å². The minimum Gasteiger partial charge on any atom is -0.493 e. The van der Waals surface area contributed by atoms with Crippen molar-refractivity contribution in [3.05, 3.63) is 93.1 Å². The highest BCUT2D eigenvalue weighted by molar-refractivity contribution is 9.10. The maximum absolute atomic E-state index is 13.8. The van der Waals surface area contributed by atoms with Gasteiger partial charge in [-0.25, -0.2) is 0 Å². The lowest BCUT2D eigenvalue weighted by Crippen LogP contribution is -2.27. The van der Waals surface area contributed by atoms with Crippen LogP contribution in [0.4, 0.5) is 11.4 Å². The second kappa shape index (κ2) is 10.4. The standard InChI is InChI=1S/C30H31BrN2O3/c1-4-18-10-12-19(13-11-18)20-15-25-28(26(34)16-20)29(33-24-9-7-6-8-23(24)32-25)21-14-22(31)30(36-5-2)27(17-21)35-3/h6-14,17,20,29,32-33H,4-5,15-16H2,1-3H3. The van der Waals surface area contributed by atoms with E-state index in [4.69, 9.17) is 9.47 Å². The summed E-state index contributed by atoms with van der Waals surface area (Å²) in [6.45, 7) is 4.63. The molecule has 6 heteroatoms. The van der Waals surface area contributed by atoms with Crippen LogP contribution in [0.15, 0.2) is 76.4 Å². The average molecular weight is 547 g/mol. The number of hydrogen-bond acceptors (Lipinski definition) is 5. The Labute approximate surface area is 221 Å². The number of halogens is 1.